The molecule has 0 saturated carbocycles. The molecule has 1 aromatic heterocycles. The lowest BCUT2D eigenvalue weighted by molar-refractivity contribution is 0.282. The predicted octanol–water partition coefficient (Wildman–Crippen LogP) is 1.74. The van der Waals surface area contributed by atoms with E-state index in [1.54, 1.807) is 0 Å². The van der Waals surface area contributed by atoms with Crippen molar-refractivity contribution in [2.45, 2.75) is 45.2 Å². The first-order chi connectivity index (χ1) is 8.88. The van der Waals surface area contributed by atoms with E-state index in [4.69, 9.17) is 0 Å². The number of rotatable bonds is 6. The van der Waals surface area contributed by atoms with Gasteiger partial charge < -0.3 is 14.8 Å². The van der Waals surface area contributed by atoms with Gasteiger partial charge in [0.25, 0.3) is 0 Å². The minimum absolute atomic E-state index is 0.704. The molecule has 0 aromatic carbocycles. The fourth-order valence-electron chi connectivity index (χ4n) is 2.72. The maximum atomic E-state index is 4.06. The van der Waals surface area contributed by atoms with Gasteiger partial charge in [0, 0.05) is 31.5 Å². The van der Waals surface area contributed by atoms with E-state index in [1.165, 1.54) is 45.3 Å². The molecule has 1 N–H and O–H groups in total. The molecule has 0 radical (unpaired) electrons. The molecule has 102 valence electrons. The third-order valence-corrected chi connectivity index (χ3v) is 3.72. The van der Waals surface area contributed by atoms with E-state index < -0.39 is 0 Å². The number of hydrogen-bond acceptors (Lipinski definition) is 3. The predicted molar refractivity (Wildman–Crippen MR) is 74.6 cm³/mol. The highest BCUT2D eigenvalue weighted by Crippen LogP contribution is 2.11. The summed E-state index contributed by atoms with van der Waals surface area (Å²) in [6.07, 6.45) is 11.0. The summed E-state index contributed by atoms with van der Waals surface area (Å²) >= 11 is 0. The van der Waals surface area contributed by atoms with Crippen LogP contribution in [0, 0.1) is 0 Å². The van der Waals surface area contributed by atoms with E-state index in [0.717, 1.165) is 13.1 Å². The molecule has 1 unspecified atom stereocenters. The van der Waals surface area contributed by atoms with Crippen molar-refractivity contribution < 1.29 is 0 Å². The molecule has 1 aliphatic rings. The summed E-state index contributed by atoms with van der Waals surface area (Å²) in [5, 5.41) is 3.69. The maximum Gasteiger partial charge on any atom is 0.0946 e. The Balaban J connectivity index is 1.64. The highest BCUT2D eigenvalue weighted by molar-refractivity contribution is 4.77. The lowest BCUT2D eigenvalue weighted by Gasteiger charge is -2.19. The molecule has 0 spiro atoms. The van der Waals surface area contributed by atoms with Crippen LogP contribution in [0.25, 0.3) is 0 Å². The van der Waals surface area contributed by atoms with Crippen LogP contribution in [-0.2, 0) is 6.54 Å². The largest absolute Gasteiger partial charge is 0.336 e. The highest BCUT2D eigenvalue weighted by atomic mass is 15.1. The van der Waals surface area contributed by atoms with Gasteiger partial charge in [-0.05, 0) is 45.3 Å². The Kier molecular flexibility index (Phi) is 5.68. The Labute approximate surface area is 110 Å². The monoisotopic (exact) mass is 250 g/mol. The van der Waals surface area contributed by atoms with Crippen molar-refractivity contribution >= 4 is 0 Å². The van der Waals surface area contributed by atoms with Gasteiger partial charge in [-0.3, -0.25) is 0 Å². The van der Waals surface area contributed by atoms with Crippen LogP contribution >= 0.6 is 0 Å². The molecular formula is C14H26N4. The summed E-state index contributed by atoms with van der Waals surface area (Å²) in [7, 11) is 0. The summed E-state index contributed by atoms with van der Waals surface area (Å²) in [6, 6.07) is 0.704. The zero-order valence-corrected chi connectivity index (χ0v) is 11.5. The van der Waals surface area contributed by atoms with Gasteiger partial charge in [-0.25, -0.2) is 4.98 Å². The first kappa shape index (κ1) is 13.6. The molecule has 2 rings (SSSR count). The summed E-state index contributed by atoms with van der Waals surface area (Å²) in [6.45, 7) is 8.15. The van der Waals surface area contributed by atoms with Crippen molar-refractivity contribution in [1.82, 2.24) is 19.8 Å². The zero-order chi connectivity index (χ0) is 12.6. The topological polar surface area (TPSA) is 33.1 Å². The molecule has 1 saturated heterocycles. The molecule has 0 bridgehead atoms. The van der Waals surface area contributed by atoms with E-state index in [1.807, 2.05) is 18.7 Å². The molecule has 0 amide bonds. The Morgan fingerprint density at radius 1 is 1.28 bits per heavy atom. The standard InChI is InChI=1S/C14H26N4/c1-2-8-17-9-3-4-14(5-10-17)16-7-12-18-11-6-15-13-18/h6,11,13-14,16H,2-5,7-10,12H2,1H3. The molecule has 2 heterocycles. The van der Waals surface area contributed by atoms with Crippen LogP contribution in [0.4, 0.5) is 0 Å². The van der Waals surface area contributed by atoms with Crippen LogP contribution in [0.15, 0.2) is 18.7 Å². The number of hydrogen-bond donors (Lipinski definition) is 1. The van der Waals surface area contributed by atoms with Crippen LogP contribution in [0.3, 0.4) is 0 Å². The summed E-state index contributed by atoms with van der Waals surface area (Å²) < 4.78 is 2.13. The summed E-state index contributed by atoms with van der Waals surface area (Å²) in [5.41, 5.74) is 0. The van der Waals surface area contributed by atoms with E-state index in [2.05, 4.69) is 26.7 Å². The van der Waals surface area contributed by atoms with Gasteiger partial charge >= 0.3 is 0 Å². The second-order valence-corrected chi connectivity index (χ2v) is 5.22. The first-order valence-electron chi connectivity index (χ1n) is 7.30. The van der Waals surface area contributed by atoms with Crippen LogP contribution in [0.1, 0.15) is 32.6 Å². The van der Waals surface area contributed by atoms with Crippen LogP contribution in [0.5, 0.6) is 0 Å². The summed E-state index contributed by atoms with van der Waals surface area (Å²) in [5.74, 6) is 0. The zero-order valence-electron chi connectivity index (χ0n) is 11.5. The molecule has 1 fully saturated rings. The normalized spacial score (nSPS) is 21.9. The minimum atomic E-state index is 0.704. The molecule has 1 aliphatic heterocycles. The molecular weight excluding hydrogens is 224 g/mol. The van der Waals surface area contributed by atoms with Gasteiger partial charge in [0.1, 0.15) is 0 Å². The van der Waals surface area contributed by atoms with E-state index >= 15 is 0 Å². The van der Waals surface area contributed by atoms with Crippen molar-refractivity contribution in [2.75, 3.05) is 26.2 Å². The Hall–Kier alpha value is -0.870. The van der Waals surface area contributed by atoms with Gasteiger partial charge in [0.2, 0.25) is 0 Å². The van der Waals surface area contributed by atoms with Gasteiger partial charge in [0.15, 0.2) is 0 Å². The number of imidazole rings is 1. The summed E-state index contributed by atoms with van der Waals surface area (Å²) in [4.78, 5) is 6.67. The van der Waals surface area contributed by atoms with Crippen molar-refractivity contribution in [2.24, 2.45) is 0 Å². The highest BCUT2D eigenvalue weighted by Gasteiger charge is 2.15. The SMILES string of the molecule is CCCN1CCCC(NCCn2ccnc2)CC1. The van der Waals surface area contributed by atoms with Gasteiger partial charge in [-0.15, -0.1) is 0 Å². The number of likely N-dealkylation sites (tertiary alicyclic amines) is 1. The van der Waals surface area contributed by atoms with Crippen LogP contribution < -0.4 is 5.32 Å². The smallest absolute Gasteiger partial charge is 0.0946 e. The van der Waals surface area contributed by atoms with Crippen LogP contribution in [-0.4, -0.2) is 46.7 Å². The molecule has 4 nitrogen and oxygen atoms in total. The molecule has 18 heavy (non-hydrogen) atoms. The molecule has 1 aromatic rings. The van der Waals surface area contributed by atoms with Crippen molar-refractivity contribution in [3.05, 3.63) is 18.7 Å². The average Bonchev–Trinajstić information content (AvgIpc) is 2.78. The first-order valence-corrected chi connectivity index (χ1v) is 7.30. The van der Waals surface area contributed by atoms with Gasteiger partial charge in [0.05, 0.1) is 6.33 Å². The molecule has 0 aliphatic carbocycles. The lowest BCUT2D eigenvalue weighted by atomic mass is 10.1. The van der Waals surface area contributed by atoms with E-state index in [9.17, 15) is 0 Å². The Morgan fingerprint density at radius 2 is 2.22 bits per heavy atom. The molecule has 4 heteroatoms. The van der Waals surface area contributed by atoms with Crippen molar-refractivity contribution in [3.8, 4) is 0 Å². The fourth-order valence-corrected chi connectivity index (χ4v) is 2.72. The number of nitrogens with one attached hydrogen (secondary N) is 1. The second kappa shape index (κ2) is 7.54. The van der Waals surface area contributed by atoms with Gasteiger partial charge in [-0.2, -0.15) is 0 Å². The fraction of sp³-hybridized carbons (Fsp3) is 0.786. The van der Waals surface area contributed by atoms with Gasteiger partial charge in [-0.1, -0.05) is 6.92 Å². The third-order valence-electron chi connectivity index (χ3n) is 3.72. The van der Waals surface area contributed by atoms with Crippen molar-refractivity contribution in [1.29, 1.82) is 0 Å². The Bertz CT molecular complexity index is 310. The lowest BCUT2D eigenvalue weighted by Crippen LogP contribution is -2.33. The van der Waals surface area contributed by atoms with Crippen molar-refractivity contribution in [3.63, 3.8) is 0 Å². The van der Waals surface area contributed by atoms with Crippen LogP contribution in [0.2, 0.25) is 0 Å². The van der Waals surface area contributed by atoms with E-state index in [0.29, 0.717) is 6.04 Å². The maximum absolute atomic E-state index is 4.06. The quantitative estimate of drug-likeness (QED) is 0.835. The number of nitrogens with zero attached hydrogens (tertiary/aromatic N) is 3. The second-order valence-electron chi connectivity index (χ2n) is 5.22. The minimum Gasteiger partial charge on any atom is -0.336 e. The molecule has 1 atom stereocenters. The third kappa shape index (κ3) is 4.42. The average molecular weight is 250 g/mol. The Morgan fingerprint density at radius 3 is 3.00 bits per heavy atom. The number of aromatic nitrogens is 2. The van der Waals surface area contributed by atoms with E-state index in [-0.39, 0.29) is 0 Å².